The summed E-state index contributed by atoms with van der Waals surface area (Å²) in [6.07, 6.45) is 1.73. The molecule has 2 aromatic heterocycles. The largest absolute Gasteiger partial charge is 0.480 e. The summed E-state index contributed by atoms with van der Waals surface area (Å²) in [5.41, 5.74) is 1.76. The summed E-state index contributed by atoms with van der Waals surface area (Å²) in [5, 5.41) is 12.1. The van der Waals surface area contributed by atoms with Gasteiger partial charge in [0.15, 0.2) is 0 Å². The minimum absolute atomic E-state index is 0.0290. The number of aromatic amines is 1. The van der Waals surface area contributed by atoms with Crippen LogP contribution in [0.5, 0.6) is 0 Å². The number of rotatable bonds is 6. The van der Waals surface area contributed by atoms with Crippen LogP contribution in [-0.2, 0) is 22.6 Å². The van der Waals surface area contributed by atoms with Gasteiger partial charge in [-0.25, -0.2) is 19.0 Å². The van der Waals surface area contributed by atoms with Gasteiger partial charge >= 0.3 is 12.1 Å². The van der Waals surface area contributed by atoms with Gasteiger partial charge in [0.2, 0.25) is 0 Å². The van der Waals surface area contributed by atoms with E-state index in [2.05, 4.69) is 15.3 Å². The van der Waals surface area contributed by atoms with E-state index in [-0.39, 0.29) is 13.0 Å². The zero-order chi connectivity index (χ0) is 18.5. The summed E-state index contributed by atoms with van der Waals surface area (Å²) in [4.78, 5) is 30.1. The summed E-state index contributed by atoms with van der Waals surface area (Å²) in [7, 11) is 0. The van der Waals surface area contributed by atoms with Crippen LogP contribution >= 0.6 is 0 Å². The topological polar surface area (TPSA) is 104 Å². The van der Waals surface area contributed by atoms with Crippen molar-refractivity contribution in [2.24, 2.45) is 0 Å². The Labute approximate surface area is 147 Å². The Hall–Kier alpha value is -3.42. The first-order valence-corrected chi connectivity index (χ1v) is 7.84. The third kappa shape index (κ3) is 4.15. The van der Waals surface area contributed by atoms with Gasteiger partial charge in [0.1, 0.15) is 24.1 Å². The standard InChI is InChI=1S/C18H16FN3O4/c19-13-7-14-12(8-20-16(14)21-9-13)6-15(17(23)24)22-18(25)26-10-11-4-2-1-3-5-11/h1-5,7-9,15H,6,10H2,(H,20,21)(H,22,25)(H,23,24). The molecule has 0 bridgehead atoms. The van der Waals surface area contributed by atoms with Crippen LogP contribution in [0.4, 0.5) is 9.18 Å². The quantitative estimate of drug-likeness (QED) is 0.629. The van der Waals surface area contributed by atoms with Crippen LogP contribution in [0.15, 0.2) is 48.8 Å². The Morgan fingerprint density at radius 1 is 1.31 bits per heavy atom. The lowest BCUT2D eigenvalue weighted by atomic mass is 10.1. The summed E-state index contributed by atoms with van der Waals surface area (Å²) in [5.74, 6) is -1.75. The number of H-pyrrole nitrogens is 1. The number of ether oxygens (including phenoxy) is 1. The molecule has 0 radical (unpaired) electrons. The molecule has 0 aliphatic carbocycles. The van der Waals surface area contributed by atoms with Gasteiger partial charge in [-0.3, -0.25) is 0 Å². The molecule has 7 nitrogen and oxygen atoms in total. The molecule has 0 fully saturated rings. The number of carboxylic acids is 1. The van der Waals surface area contributed by atoms with E-state index in [1.54, 1.807) is 30.5 Å². The van der Waals surface area contributed by atoms with E-state index < -0.39 is 23.9 Å². The first-order chi connectivity index (χ1) is 12.5. The summed E-state index contributed by atoms with van der Waals surface area (Å²) in [6, 6.07) is 9.07. The molecule has 3 aromatic rings. The number of hydrogen-bond acceptors (Lipinski definition) is 4. The number of aromatic nitrogens is 2. The monoisotopic (exact) mass is 357 g/mol. The van der Waals surface area contributed by atoms with Gasteiger partial charge in [0.05, 0.1) is 6.20 Å². The zero-order valence-electron chi connectivity index (χ0n) is 13.6. The molecule has 0 aliphatic rings. The molecule has 1 amide bonds. The Morgan fingerprint density at radius 2 is 2.08 bits per heavy atom. The number of carbonyl (C=O) groups excluding carboxylic acids is 1. The zero-order valence-corrected chi connectivity index (χ0v) is 13.6. The van der Waals surface area contributed by atoms with Crippen molar-refractivity contribution in [1.29, 1.82) is 0 Å². The highest BCUT2D eigenvalue weighted by atomic mass is 19.1. The van der Waals surface area contributed by atoms with Gasteiger partial charge in [-0.15, -0.1) is 0 Å². The number of pyridine rings is 1. The number of amides is 1. The molecule has 1 unspecified atom stereocenters. The van der Waals surface area contributed by atoms with Gasteiger partial charge < -0.3 is 20.1 Å². The number of fused-ring (bicyclic) bond motifs is 1. The van der Waals surface area contributed by atoms with E-state index in [1.165, 1.54) is 6.07 Å². The molecule has 0 aliphatic heterocycles. The van der Waals surface area contributed by atoms with Crippen molar-refractivity contribution >= 4 is 23.1 Å². The first kappa shape index (κ1) is 17.4. The number of halogens is 1. The second kappa shape index (κ2) is 7.64. The van der Waals surface area contributed by atoms with Gasteiger partial charge in [-0.1, -0.05) is 30.3 Å². The van der Waals surface area contributed by atoms with Crippen molar-refractivity contribution in [2.45, 2.75) is 19.1 Å². The third-order valence-electron chi connectivity index (χ3n) is 3.81. The SMILES string of the molecule is O=C(NC(Cc1c[nH]c2ncc(F)cc12)C(=O)O)OCc1ccccc1. The van der Waals surface area contributed by atoms with Crippen LogP contribution in [0.1, 0.15) is 11.1 Å². The van der Waals surface area contributed by atoms with Crippen LogP contribution < -0.4 is 5.32 Å². The van der Waals surface area contributed by atoms with Crippen molar-refractivity contribution in [2.75, 3.05) is 0 Å². The number of carbonyl (C=O) groups is 2. The molecule has 3 N–H and O–H groups in total. The highest BCUT2D eigenvalue weighted by Crippen LogP contribution is 2.19. The van der Waals surface area contributed by atoms with Crippen LogP contribution in [0.2, 0.25) is 0 Å². The van der Waals surface area contributed by atoms with Crippen molar-refractivity contribution in [3.05, 3.63) is 65.7 Å². The fourth-order valence-electron chi connectivity index (χ4n) is 2.53. The first-order valence-electron chi connectivity index (χ1n) is 7.84. The van der Waals surface area contributed by atoms with Crippen molar-refractivity contribution in [1.82, 2.24) is 15.3 Å². The second-order valence-electron chi connectivity index (χ2n) is 5.66. The van der Waals surface area contributed by atoms with Crippen molar-refractivity contribution in [3.63, 3.8) is 0 Å². The summed E-state index contributed by atoms with van der Waals surface area (Å²) in [6.45, 7) is 0.0290. The molecule has 0 saturated heterocycles. The lowest BCUT2D eigenvalue weighted by molar-refractivity contribution is -0.139. The molecule has 0 spiro atoms. The Morgan fingerprint density at radius 3 is 2.81 bits per heavy atom. The normalized spacial score (nSPS) is 11.9. The molecule has 8 heteroatoms. The number of benzene rings is 1. The molecular formula is C18H16FN3O4. The molecule has 3 rings (SSSR count). The minimum Gasteiger partial charge on any atom is -0.480 e. The smallest absolute Gasteiger partial charge is 0.408 e. The summed E-state index contributed by atoms with van der Waals surface area (Å²) < 4.78 is 18.4. The second-order valence-corrected chi connectivity index (χ2v) is 5.66. The van der Waals surface area contributed by atoms with E-state index in [1.807, 2.05) is 6.07 Å². The average Bonchev–Trinajstić information content (AvgIpc) is 3.02. The molecule has 2 heterocycles. The number of alkyl carbamates (subject to hydrolysis) is 1. The van der Waals surface area contributed by atoms with Crippen molar-refractivity contribution < 1.29 is 23.8 Å². The predicted molar refractivity (Wildman–Crippen MR) is 90.9 cm³/mol. The lowest BCUT2D eigenvalue weighted by Crippen LogP contribution is -2.42. The number of hydrogen-bond donors (Lipinski definition) is 3. The fraction of sp³-hybridized carbons (Fsp3) is 0.167. The van der Waals surface area contributed by atoms with E-state index in [4.69, 9.17) is 4.74 Å². The Kier molecular flexibility index (Phi) is 5.12. The average molecular weight is 357 g/mol. The fourth-order valence-corrected chi connectivity index (χ4v) is 2.53. The minimum atomic E-state index is -1.22. The van der Waals surface area contributed by atoms with Crippen LogP contribution in [-0.4, -0.2) is 33.2 Å². The summed E-state index contributed by atoms with van der Waals surface area (Å²) >= 11 is 0. The molecule has 134 valence electrons. The maximum atomic E-state index is 13.4. The maximum Gasteiger partial charge on any atom is 0.408 e. The number of carboxylic acid groups (broad SMARTS) is 1. The molecule has 26 heavy (non-hydrogen) atoms. The van der Waals surface area contributed by atoms with Gasteiger partial charge in [-0.05, 0) is 17.2 Å². The maximum absolute atomic E-state index is 13.4. The Bertz CT molecular complexity index is 927. The van der Waals surface area contributed by atoms with Crippen LogP contribution in [0.3, 0.4) is 0 Å². The van der Waals surface area contributed by atoms with E-state index in [0.717, 1.165) is 11.8 Å². The van der Waals surface area contributed by atoms with E-state index in [9.17, 15) is 19.1 Å². The van der Waals surface area contributed by atoms with E-state index in [0.29, 0.717) is 16.6 Å². The Balaban J connectivity index is 1.66. The number of nitrogens with one attached hydrogen (secondary N) is 2. The van der Waals surface area contributed by atoms with Crippen LogP contribution in [0.25, 0.3) is 11.0 Å². The van der Waals surface area contributed by atoms with Crippen LogP contribution in [0, 0.1) is 5.82 Å². The van der Waals surface area contributed by atoms with Gasteiger partial charge in [-0.2, -0.15) is 0 Å². The number of aliphatic carboxylic acids is 1. The molecule has 0 saturated carbocycles. The molecular weight excluding hydrogens is 341 g/mol. The molecule has 1 atom stereocenters. The molecule has 1 aromatic carbocycles. The highest BCUT2D eigenvalue weighted by molar-refractivity contribution is 5.83. The van der Waals surface area contributed by atoms with Gasteiger partial charge in [0.25, 0.3) is 0 Å². The third-order valence-corrected chi connectivity index (χ3v) is 3.81. The van der Waals surface area contributed by atoms with Gasteiger partial charge in [0, 0.05) is 18.0 Å². The predicted octanol–water partition coefficient (Wildman–Crippen LogP) is 2.62. The van der Waals surface area contributed by atoms with Crippen molar-refractivity contribution in [3.8, 4) is 0 Å². The lowest BCUT2D eigenvalue weighted by Gasteiger charge is -2.14. The van der Waals surface area contributed by atoms with E-state index >= 15 is 0 Å². The highest BCUT2D eigenvalue weighted by Gasteiger charge is 2.23. The number of nitrogens with zero attached hydrogens (tertiary/aromatic N) is 1.